The summed E-state index contributed by atoms with van der Waals surface area (Å²) in [6, 6.07) is 3.90. The van der Waals surface area contributed by atoms with Crippen LogP contribution in [0.15, 0.2) is 12.1 Å². The second-order valence-electron chi connectivity index (χ2n) is 5.89. The summed E-state index contributed by atoms with van der Waals surface area (Å²) in [4.78, 5) is 13.7. The monoisotopic (exact) mass is 289 g/mol. The maximum atomic E-state index is 11.5. The number of carbonyl (C=O) groups excluding carboxylic acids is 1. The van der Waals surface area contributed by atoms with Crippen molar-refractivity contribution >= 4 is 23.0 Å². The van der Waals surface area contributed by atoms with Crippen molar-refractivity contribution in [3.63, 3.8) is 0 Å². The first kappa shape index (κ1) is 12.9. The van der Waals surface area contributed by atoms with Crippen molar-refractivity contribution in [2.45, 2.75) is 25.0 Å². The largest absolute Gasteiger partial charge is 0.397 e. The molecule has 3 N–H and O–H groups in total. The Hall–Kier alpha value is -1.79. The number of anilines is 3. The van der Waals surface area contributed by atoms with E-state index in [-0.39, 0.29) is 11.7 Å². The van der Waals surface area contributed by atoms with E-state index in [2.05, 4.69) is 10.2 Å². The van der Waals surface area contributed by atoms with Crippen molar-refractivity contribution in [1.29, 1.82) is 0 Å². The lowest BCUT2D eigenvalue weighted by molar-refractivity contribution is -0.169. The molecule has 0 saturated carbocycles. The molecule has 3 aliphatic rings. The molecule has 1 aromatic carbocycles. The highest BCUT2D eigenvalue weighted by Crippen LogP contribution is 2.38. The topological polar surface area (TPSA) is 76.8 Å². The van der Waals surface area contributed by atoms with Gasteiger partial charge in [0.05, 0.1) is 31.0 Å². The number of nitrogens with one attached hydrogen (secondary N) is 1. The Kier molecular flexibility index (Phi) is 2.83. The Labute approximate surface area is 123 Å². The normalized spacial score (nSPS) is 23.4. The predicted molar refractivity (Wildman–Crippen MR) is 79.3 cm³/mol. The molecule has 6 heteroatoms. The molecular weight excluding hydrogens is 270 g/mol. The van der Waals surface area contributed by atoms with Gasteiger partial charge >= 0.3 is 0 Å². The number of fused-ring (bicyclic) bond motifs is 1. The van der Waals surface area contributed by atoms with Crippen molar-refractivity contribution in [3.05, 3.63) is 17.7 Å². The van der Waals surface area contributed by atoms with Crippen molar-refractivity contribution in [1.82, 2.24) is 0 Å². The number of nitrogens with zero attached hydrogens (tertiary/aromatic N) is 1. The number of carbonyl (C=O) groups is 1. The number of hydrogen-bond donors (Lipinski definition) is 2. The number of rotatable bonds is 1. The van der Waals surface area contributed by atoms with E-state index in [9.17, 15) is 4.79 Å². The zero-order valence-corrected chi connectivity index (χ0v) is 11.9. The lowest BCUT2D eigenvalue weighted by Gasteiger charge is -2.39. The molecule has 3 aliphatic heterocycles. The van der Waals surface area contributed by atoms with Crippen LogP contribution in [-0.4, -0.2) is 38.0 Å². The van der Waals surface area contributed by atoms with Gasteiger partial charge in [0.2, 0.25) is 5.91 Å². The maximum Gasteiger partial charge on any atom is 0.228 e. The fraction of sp³-hybridized carbons (Fsp3) is 0.533. The summed E-state index contributed by atoms with van der Waals surface area (Å²) in [5.74, 6) is -0.345. The van der Waals surface area contributed by atoms with Crippen LogP contribution in [0.5, 0.6) is 0 Å². The molecular formula is C15H19N3O3. The van der Waals surface area contributed by atoms with E-state index >= 15 is 0 Å². The number of amides is 1. The molecule has 2 saturated heterocycles. The summed E-state index contributed by atoms with van der Waals surface area (Å²) in [6.45, 7) is 3.06. The molecule has 0 atom stereocenters. The van der Waals surface area contributed by atoms with Crippen LogP contribution in [0.1, 0.15) is 18.4 Å². The molecule has 112 valence electrons. The third-order valence-corrected chi connectivity index (χ3v) is 4.56. The first-order valence-electron chi connectivity index (χ1n) is 7.40. The highest BCUT2D eigenvalue weighted by atomic mass is 16.7. The van der Waals surface area contributed by atoms with Gasteiger partial charge in [-0.15, -0.1) is 0 Å². The van der Waals surface area contributed by atoms with E-state index in [0.29, 0.717) is 19.6 Å². The molecule has 0 aliphatic carbocycles. The van der Waals surface area contributed by atoms with Crippen LogP contribution >= 0.6 is 0 Å². The summed E-state index contributed by atoms with van der Waals surface area (Å²) in [5.41, 5.74) is 9.76. The molecule has 0 aromatic heterocycles. The van der Waals surface area contributed by atoms with Gasteiger partial charge in [-0.2, -0.15) is 0 Å². The zero-order valence-electron chi connectivity index (χ0n) is 11.9. The van der Waals surface area contributed by atoms with Gasteiger partial charge in [0.1, 0.15) is 0 Å². The van der Waals surface area contributed by atoms with Crippen LogP contribution in [0.4, 0.5) is 17.1 Å². The first-order chi connectivity index (χ1) is 10.2. The fourth-order valence-corrected chi connectivity index (χ4v) is 3.43. The Bertz CT molecular complexity index is 586. The van der Waals surface area contributed by atoms with Crippen molar-refractivity contribution in [2.75, 3.05) is 42.3 Å². The SMILES string of the molecule is Nc1cc2c(cc1N1CCC3(CC1)OCCO3)NC(=O)C2. The summed E-state index contributed by atoms with van der Waals surface area (Å²) >= 11 is 0. The third-order valence-electron chi connectivity index (χ3n) is 4.56. The second kappa shape index (κ2) is 4.61. The standard InChI is InChI=1S/C15H19N3O3/c16-11-7-10-8-14(19)17-12(10)9-13(11)18-3-1-15(2-4-18)20-5-6-21-15/h7,9H,1-6,8,16H2,(H,17,19). The van der Waals surface area contributed by atoms with E-state index in [0.717, 1.165) is 48.6 Å². The van der Waals surface area contributed by atoms with Crippen LogP contribution in [0, 0.1) is 0 Å². The summed E-state index contributed by atoms with van der Waals surface area (Å²) in [7, 11) is 0. The minimum Gasteiger partial charge on any atom is -0.397 e. The minimum atomic E-state index is -0.379. The highest BCUT2D eigenvalue weighted by Gasteiger charge is 2.40. The minimum absolute atomic E-state index is 0.0342. The van der Waals surface area contributed by atoms with E-state index in [1.54, 1.807) is 0 Å². The average molecular weight is 289 g/mol. The fourth-order valence-electron chi connectivity index (χ4n) is 3.43. The highest BCUT2D eigenvalue weighted by molar-refractivity contribution is 6.00. The van der Waals surface area contributed by atoms with E-state index in [1.165, 1.54) is 0 Å². The van der Waals surface area contributed by atoms with Crippen LogP contribution in [0.2, 0.25) is 0 Å². The number of ether oxygens (including phenoxy) is 2. The quantitative estimate of drug-likeness (QED) is 0.757. The Morgan fingerprint density at radius 2 is 1.90 bits per heavy atom. The van der Waals surface area contributed by atoms with Gasteiger partial charge in [0.25, 0.3) is 0 Å². The molecule has 4 rings (SSSR count). The number of piperidine rings is 1. The van der Waals surface area contributed by atoms with E-state index in [1.807, 2.05) is 12.1 Å². The zero-order chi connectivity index (χ0) is 14.4. The molecule has 1 aromatic rings. The van der Waals surface area contributed by atoms with Gasteiger partial charge < -0.3 is 25.4 Å². The van der Waals surface area contributed by atoms with Crippen molar-refractivity contribution in [3.8, 4) is 0 Å². The van der Waals surface area contributed by atoms with Gasteiger partial charge in [-0.05, 0) is 17.7 Å². The van der Waals surface area contributed by atoms with Crippen molar-refractivity contribution < 1.29 is 14.3 Å². The molecule has 1 amide bonds. The predicted octanol–water partition coefficient (Wildman–Crippen LogP) is 1.11. The first-order valence-corrected chi connectivity index (χ1v) is 7.40. The number of hydrogen-bond acceptors (Lipinski definition) is 5. The van der Waals surface area contributed by atoms with Gasteiger partial charge in [-0.3, -0.25) is 4.79 Å². The lowest BCUT2D eigenvalue weighted by atomic mass is 10.0. The number of benzene rings is 1. The Morgan fingerprint density at radius 3 is 2.62 bits per heavy atom. The molecule has 3 heterocycles. The number of nitrogens with two attached hydrogens (primary N) is 1. The molecule has 1 spiro atoms. The summed E-state index contributed by atoms with van der Waals surface area (Å²) in [6.07, 6.45) is 2.11. The van der Waals surface area contributed by atoms with Crippen LogP contribution < -0.4 is 16.0 Å². The molecule has 0 bridgehead atoms. The Morgan fingerprint density at radius 1 is 1.19 bits per heavy atom. The summed E-state index contributed by atoms with van der Waals surface area (Å²) in [5, 5.41) is 2.88. The lowest BCUT2D eigenvalue weighted by Crippen LogP contribution is -2.45. The van der Waals surface area contributed by atoms with Crippen LogP contribution in [0.25, 0.3) is 0 Å². The molecule has 6 nitrogen and oxygen atoms in total. The van der Waals surface area contributed by atoms with Gasteiger partial charge in [0.15, 0.2) is 5.79 Å². The molecule has 2 fully saturated rings. The van der Waals surface area contributed by atoms with Gasteiger partial charge in [-0.1, -0.05) is 0 Å². The molecule has 0 unspecified atom stereocenters. The van der Waals surface area contributed by atoms with Gasteiger partial charge in [-0.25, -0.2) is 0 Å². The van der Waals surface area contributed by atoms with Crippen molar-refractivity contribution in [2.24, 2.45) is 0 Å². The van der Waals surface area contributed by atoms with E-state index < -0.39 is 0 Å². The third kappa shape index (κ3) is 2.15. The maximum absolute atomic E-state index is 11.5. The number of nitrogen functional groups attached to an aromatic ring is 1. The van der Waals surface area contributed by atoms with E-state index in [4.69, 9.17) is 15.2 Å². The van der Waals surface area contributed by atoms with Crippen LogP contribution in [0.3, 0.4) is 0 Å². The molecule has 21 heavy (non-hydrogen) atoms. The molecule has 0 radical (unpaired) electrons. The van der Waals surface area contributed by atoms with Crippen LogP contribution in [-0.2, 0) is 20.7 Å². The Balaban J connectivity index is 1.55. The average Bonchev–Trinajstić information content (AvgIpc) is 3.05. The second-order valence-corrected chi connectivity index (χ2v) is 5.89. The summed E-state index contributed by atoms with van der Waals surface area (Å²) < 4.78 is 11.5. The van der Waals surface area contributed by atoms with Gasteiger partial charge in [0, 0.05) is 31.6 Å². The smallest absolute Gasteiger partial charge is 0.228 e.